The SMILES string of the molecule is Cc1c2c(=O)n(-c3nc4ccccc4s3)nc-2cc([O-])n1CCCN1CCOCC1.[Na+]. The van der Waals surface area contributed by atoms with Crippen LogP contribution in [0, 0.1) is 6.92 Å². The van der Waals surface area contributed by atoms with Gasteiger partial charge in [0, 0.05) is 31.9 Å². The summed E-state index contributed by atoms with van der Waals surface area (Å²) in [7, 11) is 0. The monoisotopic (exact) mass is 447 g/mol. The van der Waals surface area contributed by atoms with Crippen LogP contribution in [-0.4, -0.2) is 57.1 Å². The molecular formula is C21H22N5NaO3S. The number of aromatic nitrogens is 4. The van der Waals surface area contributed by atoms with Gasteiger partial charge in [-0.15, -0.1) is 0 Å². The Hall–Kier alpha value is -1.75. The van der Waals surface area contributed by atoms with E-state index in [2.05, 4.69) is 15.0 Å². The average Bonchev–Trinajstić information content (AvgIpc) is 3.32. The maximum absolute atomic E-state index is 13.1. The van der Waals surface area contributed by atoms with E-state index >= 15 is 0 Å². The molecule has 1 aromatic carbocycles. The number of morpholine rings is 1. The zero-order valence-electron chi connectivity index (χ0n) is 17.7. The maximum Gasteiger partial charge on any atom is 1.00 e. The predicted octanol–water partition coefficient (Wildman–Crippen LogP) is -1.14. The van der Waals surface area contributed by atoms with E-state index in [9.17, 15) is 9.90 Å². The topological polar surface area (TPSA) is 88.2 Å². The van der Waals surface area contributed by atoms with Crippen LogP contribution in [0.3, 0.4) is 0 Å². The van der Waals surface area contributed by atoms with E-state index in [1.807, 2.05) is 31.2 Å². The Balaban J connectivity index is 0.00000231. The molecular weight excluding hydrogens is 425 g/mol. The summed E-state index contributed by atoms with van der Waals surface area (Å²) < 4.78 is 9.38. The molecule has 3 aliphatic heterocycles. The largest absolute Gasteiger partial charge is 1.00 e. The molecule has 31 heavy (non-hydrogen) atoms. The molecule has 0 saturated carbocycles. The Morgan fingerprint density at radius 3 is 2.74 bits per heavy atom. The van der Waals surface area contributed by atoms with Crippen LogP contribution >= 0.6 is 11.3 Å². The zero-order chi connectivity index (χ0) is 20.7. The Labute approximate surface area is 205 Å². The number of hydrogen-bond donors (Lipinski definition) is 0. The average molecular weight is 447 g/mol. The minimum Gasteiger partial charge on any atom is -0.860 e. The normalized spacial score (nSPS) is 14.9. The molecule has 1 aromatic heterocycles. The van der Waals surface area contributed by atoms with Gasteiger partial charge in [-0.1, -0.05) is 23.5 Å². The first-order chi connectivity index (χ1) is 14.6. The number of para-hydroxylation sites is 1. The number of rotatable bonds is 5. The van der Waals surface area contributed by atoms with E-state index in [4.69, 9.17) is 4.74 Å². The van der Waals surface area contributed by atoms with Crippen LogP contribution in [0.15, 0.2) is 35.1 Å². The Bertz CT molecular complexity index is 1190. The van der Waals surface area contributed by atoms with Crippen molar-refractivity contribution in [1.29, 1.82) is 0 Å². The van der Waals surface area contributed by atoms with Gasteiger partial charge in [-0.2, -0.15) is 9.78 Å². The van der Waals surface area contributed by atoms with Gasteiger partial charge in [0.05, 0.1) is 34.7 Å². The number of pyridine rings is 1. The van der Waals surface area contributed by atoms with Crippen LogP contribution < -0.4 is 40.2 Å². The van der Waals surface area contributed by atoms with E-state index < -0.39 is 0 Å². The van der Waals surface area contributed by atoms with Gasteiger partial charge in [0.2, 0.25) is 5.13 Å². The number of benzene rings is 1. The fourth-order valence-corrected chi connectivity index (χ4v) is 4.91. The molecule has 0 atom stereocenters. The van der Waals surface area contributed by atoms with E-state index in [0.717, 1.165) is 49.5 Å². The van der Waals surface area contributed by atoms with Crippen molar-refractivity contribution in [2.24, 2.45) is 0 Å². The van der Waals surface area contributed by atoms with Crippen molar-refractivity contribution < 1.29 is 39.4 Å². The Morgan fingerprint density at radius 1 is 1.19 bits per heavy atom. The second-order valence-electron chi connectivity index (χ2n) is 7.47. The Kier molecular flexibility index (Phi) is 6.80. The van der Waals surface area contributed by atoms with Crippen molar-refractivity contribution in [3.63, 3.8) is 0 Å². The molecule has 1 fully saturated rings. The third kappa shape index (κ3) is 4.30. The summed E-state index contributed by atoms with van der Waals surface area (Å²) in [6, 6.07) is 9.19. The summed E-state index contributed by atoms with van der Waals surface area (Å²) in [6.07, 6.45) is 0.840. The van der Waals surface area contributed by atoms with Gasteiger partial charge in [0.15, 0.2) is 0 Å². The van der Waals surface area contributed by atoms with Gasteiger partial charge >= 0.3 is 29.6 Å². The van der Waals surface area contributed by atoms with E-state index in [-0.39, 0.29) is 41.0 Å². The third-order valence-corrected chi connectivity index (χ3v) is 6.60. The van der Waals surface area contributed by atoms with Gasteiger partial charge in [0.1, 0.15) is 0 Å². The number of hydrogen-bond acceptors (Lipinski definition) is 7. The van der Waals surface area contributed by atoms with Gasteiger partial charge in [0.25, 0.3) is 5.56 Å². The molecule has 0 spiro atoms. The Morgan fingerprint density at radius 2 is 1.97 bits per heavy atom. The zero-order valence-corrected chi connectivity index (χ0v) is 20.5. The van der Waals surface area contributed by atoms with E-state index in [1.54, 1.807) is 4.57 Å². The number of nitrogens with zero attached hydrogens (tertiary/aromatic N) is 5. The molecule has 1 saturated heterocycles. The maximum atomic E-state index is 13.1. The van der Waals surface area contributed by atoms with Gasteiger partial charge in [-0.25, -0.2) is 4.98 Å². The van der Waals surface area contributed by atoms with Crippen LogP contribution in [0.1, 0.15) is 12.1 Å². The first-order valence-electron chi connectivity index (χ1n) is 10.1. The quantitative estimate of drug-likeness (QED) is 0.360. The molecule has 10 heteroatoms. The smallest absolute Gasteiger partial charge is 0.860 e. The molecule has 156 valence electrons. The summed E-state index contributed by atoms with van der Waals surface area (Å²) in [5.74, 6) is -0.129. The molecule has 0 N–H and O–H groups in total. The molecule has 2 aromatic rings. The second-order valence-corrected chi connectivity index (χ2v) is 8.48. The van der Waals surface area contributed by atoms with Crippen molar-refractivity contribution in [1.82, 2.24) is 24.2 Å². The number of thiazole rings is 1. The number of fused-ring (bicyclic) bond motifs is 2. The van der Waals surface area contributed by atoms with Crippen LogP contribution in [0.5, 0.6) is 5.88 Å². The third-order valence-electron chi connectivity index (χ3n) is 5.59. The predicted molar refractivity (Wildman–Crippen MR) is 114 cm³/mol. The van der Waals surface area contributed by atoms with Crippen LogP contribution in [0.25, 0.3) is 26.6 Å². The molecule has 0 amide bonds. The molecule has 0 radical (unpaired) electrons. The summed E-state index contributed by atoms with van der Waals surface area (Å²) in [4.78, 5) is 20.0. The van der Waals surface area contributed by atoms with Crippen molar-refractivity contribution in [2.45, 2.75) is 19.9 Å². The van der Waals surface area contributed by atoms with Crippen molar-refractivity contribution in [3.8, 4) is 22.3 Å². The molecule has 5 rings (SSSR count). The summed E-state index contributed by atoms with van der Waals surface area (Å²) >= 11 is 1.41. The molecule has 8 nitrogen and oxygen atoms in total. The first kappa shape index (κ1) is 22.4. The van der Waals surface area contributed by atoms with E-state index in [1.165, 1.54) is 22.1 Å². The van der Waals surface area contributed by atoms with Crippen molar-refractivity contribution >= 4 is 21.6 Å². The van der Waals surface area contributed by atoms with E-state index in [0.29, 0.717) is 28.6 Å². The summed E-state index contributed by atoms with van der Waals surface area (Å²) in [5, 5.41) is 17.6. The van der Waals surface area contributed by atoms with Crippen LogP contribution in [0.4, 0.5) is 0 Å². The fraction of sp³-hybridized carbons (Fsp3) is 0.381. The molecule has 3 aliphatic rings. The van der Waals surface area contributed by atoms with Crippen LogP contribution in [-0.2, 0) is 11.3 Å². The molecule has 0 unspecified atom stereocenters. The number of ether oxygens (including phenoxy) is 1. The summed E-state index contributed by atoms with van der Waals surface area (Å²) in [5.41, 5.74) is 2.17. The summed E-state index contributed by atoms with van der Waals surface area (Å²) in [6.45, 7) is 6.67. The van der Waals surface area contributed by atoms with Crippen LogP contribution in [0.2, 0.25) is 0 Å². The molecule has 0 bridgehead atoms. The van der Waals surface area contributed by atoms with Gasteiger partial charge in [-0.05, 0) is 37.4 Å². The van der Waals surface area contributed by atoms with Gasteiger partial charge < -0.3 is 14.4 Å². The first-order valence-corrected chi connectivity index (χ1v) is 10.9. The second kappa shape index (κ2) is 9.40. The molecule has 0 aliphatic carbocycles. The minimum atomic E-state index is -0.233. The van der Waals surface area contributed by atoms with Crippen molar-refractivity contribution in [2.75, 3.05) is 32.8 Å². The van der Waals surface area contributed by atoms with Gasteiger partial charge in [-0.3, -0.25) is 9.69 Å². The molecule has 4 heterocycles. The fourth-order valence-electron chi connectivity index (χ4n) is 3.99. The van der Waals surface area contributed by atoms with Crippen molar-refractivity contribution in [3.05, 3.63) is 46.4 Å². The standard InChI is InChI=1S/C21H23N5O3S.Na/c1-14-19-16(13-18(27)25(14)8-4-7-24-9-11-29-12-10-24)23-26(20(19)28)21-22-15-5-2-3-6-17(15)30-21;/h2-3,5-6,13,27H,4,7-12H2,1H3;/q;+1/p-1. The minimum absolute atomic E-state index is 0.